The Labute approximate surface area is 144 Å². The third kappa shape index (κ3) is 5.54. The van der Waals surface area contributed by atoms with Gasteiger partial charge in [-0.2, -0.15) is 0 Å². The van der Waals surface area contributed by atoms with Crippen LogP contribution >= 0.6 is 11.6 Å². The Morgan fingerprint density at radius 3 is 2.88 bits per heavy atom. The van der Waals surface area contributed by atoms with Crippen molar-refractivity contribution in [2.75, 3.05) is 18.5 Å². The standard InChI is InChI=1S/C15H18ClN5O3/c1-2-24-15(23)18-13-9-21(20-19-13)10-14(22)17-8-7-11-5-3-4-6-12(11)16/h3-6,9H,2,7-8,10H2,1H3,(H,17,22)(H,18,23). The molecule has 128 valence electrons. The number of hydrogen-bond donors (Lipinski definition) is 2. The van der Waals surface area contributed by atoms with Gasteiger partial charge in [-0.3, -0.25) is 10.1 Å². The Kier molecular flexibility index (Phi) is 6.56. The molecule has 1 heterocycles. The SMILES string of the molecule is CCOC(=O)Nc1cn(CC(=O)NCCc2ccccc2Cl)nn1. The molecule has 24 heavy (non-hydrogen) atoms. The van der Waals surface area contributed by atoms with Crippen molar-refractivity contribution in [3.8, 4) is 0 Å². The van der Waals surface area contributed by atoms with E-state index in [0.717, 1.165) is 5.56 Å². The summed E-state index contributed by atoms with van der Waals surface area (Å²) < 4.78 is 6.05. The lowest BCUT2D eigenvalue weighted by atomic mass is 10.1. The van der Waals surface area contributed by atoms with Crippen LogP contribution in [0.4, 0.5) is 10.6 Å². The largest absolute Gasteiger partial charge is 0.450 e. The summed E-state index contributed by atoms with van der Waals surface area (Å²) in [5.74, 6) is 0.00644. The molecule has 2 rings (SSSR count). The topological polar surface area (TPSA) is 98.1 Å². The highest BCUT2D eigenvalue weighted by molar-refractivity contribution is 6.31. The summed E-state index contributed by atoms with van der Waals surface area (Å²) in [5.41, 5.74) is 0.973. The number of halogens is 1. The Hall–Kier alpha value is -2.61. The molecule has 8 nitrogen and oxygen atoms in total. The predicted octanol–water partition coefficient (Wildman–Crippen LogP) is 1.86. The lowest BCUT2D eigenvalue weighted by molar-refractivity contribution is -0.121. The van der Waals surface area contributed by atoms with Gasteiger partial charge in [0.1, 0.15) is 6.54 Å². The fourth-order valence-electron chi connectivity index (χ4n) is 1.95. The number of carbonyl (C=O) groups is 2. The van der Waals surface area contributed by atoms with Crippen LogP contribution in [0.25, 0.3) is 0 Å². The molecule has 0 saturated carbocycles. The van der Waals surface area contributed by atoms with Gasteiger partial charge < -0.3 is 10.1 Å². The molecule has 0 aliphatic heterocycles. The Morgan fingerprint density at radius 2 is 2.12 bits per heavy atom. The van der Waals surface area contributed by atoms with Crippen LogP contribution in [0.2, 0.25) is 5.02 Å². The van der Waals surface area contributed by atoms with Crippen molar-refractivity contribution in [3.05, 3.63) is 41.0 Å². The minimum Gasteiger partial charge on any atom is -0.450 e. The molecule has 0 unspecified atom stereocenters. The Morgan fingerprint density at radius 1 is 1.33 bits per heavy atom. The smallest absolute Gasteiger partial charge is 0.412 e. The highest BCUT2D eigenvalue weighted by atomic mass is 35.5. The zero-order valence-corrected chi connectivity index (χ0v) is 13.9. The number of rotatable bonds is 7. The number of carbonyl (C=O) groups excluding carboxylic acids is 2. The maximum Gasteiger partial charge on any atom is 0.412 e. The summed E-state index contributed by atoms with van der Waals surface area (Å²) in [6.07, 6.45) is 1.47. The van der Waals surface area contributed by atoms with Gasteiger partial charge in [-0.15, -0.1) is 5.10 Å². The molecule has 2 aromatic rings. The summed E-state index contributed by atoms with van der Waals surface area (Å²) in [5, 5.41) is 13.4. The van der Waals surface area contributed by atoms with Crippen molar-refractivity contribution in [3.63, 3.8) is 0 Å². The first kappa shape index (κ1) is 17.7. The van der Waals surface area contributed by atoms with Crippen LogP contribution in [0.5, 0.6) is 0 Å². The van der Waals surface area contributed by atoms with Gasteiger partial charge in [0, 0.05) is 11.6 Å². The number of ether oxygens (including phenoxy) is 1. The van der Waals surface area contributed by atoms with Crippen LogP contribution in [0.1, 0.15) is 12.5 Å². The molecule has 0 fully saturated rings. The first-order valence-corrected chi connectivity index (χ1v) is 7.80. The van der Waals surface area contributed by atoms with E-state index in [2.05, 4.69) is 20.9 Å². The van der Waals surface area contributed by atoms with E-state index in [1.54, 1.807) is 6.92 Å². The van der Waals surface area contributed by atoms with Crippen molar-refractivity contribution < 1.29 is 14.3 Å². The second-order valence-corrected chi connectivity index (χ2v) is 5.25. The maximum absolute atomic E-state index is 11.9. The first-order valence-electron chi connectivity index (χ1n) is 7.42. The van der Waals surface area contributed by atoms with Crippen LogP contribution in [-0.2, 0) is 22.5 Å². The molecule has 1 aromatic heterocycles. The molecule has 0 atom stereocenters. The minimum absolute atomic E-state index is 0.0000270. The van der Waals surface area contributed by atoms with Gasteiger partial charge in [-0.1, -0.05) is 35.0 Å². The minimum atomic E-state index is -0.617. The first-order chi connectivity index (χ1) is 11.6. The lowest BCUT2D eigenvalue weighted by Crippen LogP contribution is -2.29. The summed E-state index contributed by atoms with van der Waals surface area (Å²) in [4.78, 5) is 23.1. The lowest BCUT2D eigenvalue weighted by Gasteiger charge is -2.06. The van der Waals surface area contributed by atoms with Crippen LogP contribution in [0.3, 0.4) is 0 Å². The van der Waals surface area contributed by atoms with Crippen molar-refractivity contribution in [2.45, 2.75) is 19.9 Å². The number of anilines is 1. The second kappa shape index (κ2) is 8.88. The molecule has 0 aliphatic rings. The molecule has 2 amide bonds. The van der Waals surface area contributed by atoms with Gasteiger partial charge in [0.25, 0.3) is 0 Å². The summed E-state index contributed by atoms with van der Waals surface area (Å²) in [6.45, 7) is 2.42. The van der Waals surface area contributed by atoms with Crippen LogP contribution in [-0.4, -0.2) is 40.1 Å². The average molecular weight is 352 g/mol. The van der Waals surface area contributed by atoms with Gasteiger partial charge in [0.15, 0.2) is 5.82 Å². The monoisotopic (exact) mass is 351 g/mol. The normalized spacial score (nSPS) is 10.2. The fraction of sp³-hybridized carbons (Fsp3) is 0.333. The van der Waals surface area contributed by atoms with E-state index in [4.69, 9.17) is 16.3 Å². The van der Waals surface area contributed by atoms with Gasteiger partial charge in [0.2, 0.25) is 5.91 Å². The molecule has 0 bridgehead atoms. The molecule has 0 spiro atoms. The van der Waals surface area contributed by atoms with Crippen molar-refractivity contribution in [1.82, 2.24) is 20.3 Å². The van der Waals surface area contributed by atoms with E-state index in [-0.39, 0.29) is 24.9 Å². The maximum atomic E-state index is 11.9. The average Bonchev–Trinajstić information content (AvgIpc) is 2.96. The fourth-order valence-corrected chi connectivity index (χ4v) is 2.18. The third-order valence-electron chi connectivity index (χ3n) is 3.02. The van der Waals surface area contributed by atoms with Crippen LogP contribution in [0.15, 0.2) is 30.5 Å². The summed E-state index contributed by atoms with van der Waals surface area (Å²) in [6, 6.07) is 7.49. The van der Waals surface area contributed by atoms with Crippen LogP contribution in [0, 0.1) is 0 Å². The molecule has 1 aromatic carbocycles. The number of hydrogen-bond acceptors (Lipinski definition) is 5. The summed E-state index contributed by atoms with van der Waals surface area (Å²) in [7, 11) is 0. The number of nitrogens with zero attached hydrogens (tertiary/aromatic N) is 3. The summed E-state index contributed by atoms with van der Waals surface area (Å²) >= 11 is 6.06. The molecular formula is C15H18ClN5O3. The van der Waals surface area contributed by atoms with Crippen molar-refractivity contribution in [2.24, 2.45) is 0 Å². The Balaban J connectivity index is 1.75. The number of benzene rings is 1. The number of nitrogens with one attached hydrogen (secondary N) is 2. The molecule has 0 aliphatic carbocycles. The predicted molar refractivity (Wildman–Crippen MR) is 88.8 cm³/mol. The van der Waals surface area contributed by atoms with Crippen molar-refractivity contribution in [1.29, 1.82) is 0 Å². The van der Waals surface area contributed by atoms with Gasteiger partial charge in [-0.25, -0.2) is 9.48 Å². The van der Waals surface area contributed by atoms with E-state index in [9.17, 15) is 9.59 Å². The molecule has 2 N–H and O–H groups in total. The van der Waals surface area contributed by atoms with E-state index < -0.39 is 6.09 Å². The van der Waals surface area contributed by atoms with E-state index in [1.165, 1.54) is 10.9 Å². The second-order valence-electron chi connectivity index (χ2n) is 4.84. The zero-order valence-electron chi connectivity index (χ0n) is 13.2. The van der Waals surface area contributed by atoms with Gasteiger partial charge in [0.05, 0.1) is 12.8 Å². The molecular weight excluding hydrogens is 334 g/mol. The Bertz CT molecular complexity index is 704. The molecule has 9 heteroatoms. The highest BCUT2D eigenvalue weighted by Crippen LogP contribution is 2.14. The van der Waals surface area contributed by atoms with E-state index in [0.29, 0.717) is 18.0 Å². The number of aromatic nitrogens is 3. The highest BCUT2D eigenvalue weighted by Gasteiger charge is 2.09. The van der Waals surface area contributed by atoms with Crippen molar-refractivity contribution >= 4 is 29.4 Å². The molecule has 0 radical (unpaired) electrons. The van der Waals surface area contributed by atoms with Gasteiger partial charge >= 0.3 is 6.09 Å². The zero-order chi connectivity index (χ0) is 17.4. The van der Waals surface area contributed by atoms with Gasteiger partial charge in [-0.05, 0) is 25.0 Å². The van der Waals surface area contributed by atoms with E-state index >= 15 is 0 Å². The third-order valence-corrected chi connectivity index (χ3v) is 3.39. The van der Waals surface area contributed by atoms with Crippen LogP contribution < -0.4 is 10.6 Å². The number of amides is 2. The van der Waals surface area contributed by atoms with E-state index in [1.807, 2.05) is 24.3 Å². The quantitative estimate of drug-likeness (QED) is 0.793. The molecule has 0 saturated heterocycles.